The summed E-state index contributed by atoms with van der Waals surface area (Å²) < 4.78 is 5.36. The zero-order valence-corrected chi connectivity index (χ0v) is 14.9. The molecule has 1 aromatic carbocycles. The van der Waals surface area contributed by atoms with Gasteiger partial charge in [-0.3, -0.25) is 4.99 Å². The van der Waals surface area contributed by atoms with Crippen LogP contribution in [0.15, 0.2) is 29.3 Å². The molecule has 1 aliphatic heterocycles. The first-order chi connectivity index (χ1) is 11.8. The van der Waals surface area contributed by atoms with Gasteiger partial charge in [0.25, 0.3) is 0 Å². The van der Waals surface area contributed by atoms with Crippen LogP contribution in [-0.2, 0) is 4.74 Å². The molecule has 2 N–H and O–H groups in total. The summed E-state index contributed by atoms with van der Waals surface area (Å²) in [5, 5.41) is 13.4. The molecule has 2 rings (SSSR count). The van der Waals surface area contributed by atoms with Gasteiger partial charge in [0, 0.05) is 52.5 Å². The summed E-state index contributed by atoms with van der Waals surface area (Å²) in [6.45, 7) is 10.8. The molecule has 24 heavy (non-hydrogen) atoms. The molecule has 1 aromatic rings. The fraction of sp³-hybridized carbons (Fsp3) is 0.611. The van der Waals surface area contributed by atoms with E-state index < -0.39 is 0 Å². The van der Waals surface area contributed by atoms with Crippen LogP contribution in [0.25, 0.3) is 0 Å². The van der Waals surface area contributed by atoms with Crippen LogP contribution in [0.1, 0.15) is 20.3 Å². The van der Waals surface area contributed by atoms with Crippen molar-refractivity contribution in [1.29, 1.82) is 0 Å². The largest absolute Gasteiger partial charge is 0.506 e. The van der Waals surface area contributed by atoms with E-state index in [1.54, 1.807) is 6.07 Å². The summed E-state index contributed by atoms with van der Waals surface area (Å²) in [5.41, 5.74) is 0.913. The number of para-hydroxylation sites is 2. The number of aliphatic imine (C=N–C) groups is 1. The Labute approximate surface area is 145 Å². The number of benzene rings is 1. The van der Waals surface area contributed by atoms with E-state index in [-0.39, 0.29) is 0 Å². The second kappa shape index (κ2) is 10.0. The molecule has 0 spiro atoms. The highest BCUT2D eigenvalue weighted by Crippen LogP contribution is 2.27. The van der Waals surface area contributed by atoms with Gasteiger partial charge in [-0.2, -0.15) is 0 Å². The Balaban J connectivity index is 1.88. The zero-order valence-electron chi connectivity index (χ0n) is 14.9. The Morgan fingerprint density at radius 2 is 1.96 bits per heavy atom. The van der Waals surface area contributed by atoms with Crippen LogP contribution in [0.5, 0.6) is 5.75 Å². The lowest BCUT2D eigenvalue weighted by Gasteiger charge is -2.37. The quantitative estimate of drug-likeness (QED) is 0.453. The Morgan fingerprint density at radius 1 is 1.21 bits per heavy atom. The fourth-order valence-corrected chi connectivity index (χ4v) is 2.81. The van der Waals surface area contributed by atoms with Crippen molar-refractivity contribution in [1.82, 2.24) is 10.2 Å². The molecule has 134 valence electrons. The minimum absolute atomic E-state index is 0.349. The van der Waals surface area contributed by atoms with Gasteiger partial charge in [0.2, 0.25) is 0 Å². The van der Waals surface area contributed by atoms with Gasteiger partial charge in [0.15, 0.2) is 5.96 Å². The normalized spacial score (nSPS) is 15.7. The van der Waals surface area contributed by atoms with Gasteiger partial charge >= 0.3 is 0 Å². The molecule has 1 saturated heterocycles. The SMILES string of the molecule is CCNC(=NCCCOCC)N1CCN(c2ccccc2O)CC1. The highest BCUT2D eigenvalue weighted by Gasteiger charge is 2.21. The second-order valence-electron chi connectivity index (χ2n) is 5.75. The molecule has 0 atom stereocenters. The maximum Gasteiger partial charge on any atom is 0.194 e. The van der Waals surface area contributed by atoms with Crippen LogP contribution in [0.4, 0.5) is 5.69 Å². The molecular formula is C18H30N4O2. The Hall–Kier alpha value is -1.95. The van der Waals surface area contributed by atoms with Gasteiger partial charge in [-0.1, -0.05) is 12.1 Å². The van der Waals surface area contributed by atoms with E-state index in [9.17, 15) is 5.11 Å². The minimum Gasteiger partial charge on any atom is -0.506 e. The van der Waals surface area contributed by atoms with Crippen LogP contribution in [0.2, 0.25) is 0 Å². The van der Waals surface area contributed by atoms with Gasteiger partial charge in [0.05, 0.1) is 5.69 Å². The number of nitrogens with one attached hydrogen (secondary N) is 1. The van der Waals surface area contributed by atoms with Crippen molar-refractivity contribution >= 4 is 11.6 Å². The summed E-state index contributed by atoms with van der Waals surface area (Å²) in [6, 6.07) is 7.53. The Kier molecular flexibility index (Phi) is 7.68. The van der Waals surface area contributed by atoms with E-state index in [0.29, 0.717) is 5.75 Å². The number of phenolic OH excluding ortho intramolecular Hbond substituents is 1. The smallest absolute Gasteiger partial charge is 0.194 e. The summed E-state index contributed by atoms with van der Waals surface area (Å²) >= 11 is 0. The monoisotopic (exact) mass is 334 g/mol. The number of aromatic hydroxyl groups is 1. The van der Waals surface area contributed by atoms with E-state index in [1.165, 1.54) is 0 Å². The zero-order chi connectivity index (χ0) is 17.2. The van der Waals surface area contributed by atoms with Crippen molar-refractivity contribution < 1.29 is 9.84 Å². The number of piperazine rings is 1. The first-order valence-corrected chi connectivity index (χ1v) is 8.90. The van der Waals surface area contributed by atoms with E-state index in [1.807, 2.05) is 25.1 Å². The van der Waals surface area contributed by atoms with Crippen molar-refractivity contribution in [2.75, 3.05) is 57.4 Å². The third-order valence-electron chi connectivity index (χ3n) is 4.05. The average molecular weight is 334 g/mol. The number of nitrogens with zero attached hydrogens (tertiary/aromatic N) is 3. The first kappa shape index (κ1) is 18.4. The average Bonchev–Trinajstić information content (AvgIpc) is 2.61. The lowest BCUT2D eigenvalue weighted by atomic mass is 10.2. The molecule has 0 saturated carbocycles. The Morgan fingerprint density at radius 3 is 2.62 bits per heavy atom. The van der Waals surface area contributed by atoms with Gasteiger partial charge in [-0.15, -0.1) is 0 Å². The maximum atomic E-state index is 10.0. The predicted octanol–water partition coefficient (Wildman–Crippen LogP) is 1.91. The van der Waals surface area contributed by atoms with Crippen LogP contribution >= 0.6 is 0 Å². The highest BCUT2D eigenvalue weighted by molar-refractivity contribution is 5.80. The van der Waals surface area contributed by atoms with Crippen LogP contribution in [0, 0.1) is 0 Å². The summed E-state index contributed by atoms with van der Waals surface area (Å²) in [4.78, 5) is 9.23. The highest BCUT2D eigenvalue weighted by atomic mass is 16.5. The van der Waals surface area contributed by atoms with Gasteiger partial charge in [0.1, 0.15) is 5.75 Å². The summed E-state index contributed by atoms with van der Waals surface area (Å²) in [6.07, 6.45) is 0.945. The van der Waals surface area contributed by atoms with Crippen molar-refractivity contribution in [3.63, 3.8) is 0 Å². The van der Waals surface area contributed by atoms with Crippen molar-refractivity contribution in [2.45, 2.75) is 20.3 Å². The van der Waals surface area contributed by atoms with Crippen LogP contribution in [-0.4, -0.2) is 68.4 Å². The van der Waals surface area contributed by atoms with Crippen molar-refractivity contribution in [3.8, 4) is 5.75 Å². The number of ether oxygens (including phenoxy) is 1. The number of guanidine groups is 1. The van der Waals surface area contributed by atoms with E-state index in [0.717, 1.165) is 70.6 Å². The number of rotatable bonds is 7. The molecule has 0 aromatic heterocycles. The molecule has 6 nitrogen and oxygen atoms in total. The topological polar surface area (TPSA) is 60.3 Å². The number of phenols is 1. The lowest BCUT2D eigenvalue weighted by molar-refractivity contribution is 0.146. The molecule has 0 radical (unpaired) electrons. The molecule has 0 amide bonds. The summed E-state index contributed by atoms with van der Waals surface area (Å²) in [7, 11) is 0. The third kappa shape index (κ3) is 5.30. The predicted molar refractivity (Wildman–Crippen MR) is 99.0 cm³/mol. The molecule has 6 heteroatoms. The van der Waals surface area contributed by atoms with E-state index in [2.05, 4.69) is 22.0 Å². The molecule has 1 heterocycles. The van der Waals surface area contributed by atoms with Crippen LogP contribution < -0.4 is 10.2 Å². The molecule has 0 bridgehead atoms. The molecule has 1 fully saturated rings. The number of hydrogen-bond acceptors (Lipinski definition) is 4. The Bertz CT molecular complexity index is 513. The molecule has 0 unspecified atom stereocenters. The molecule has 0 aliphatic carbocycles. The van der Waals surface area contributed by atoms with Gasteiger partial charge < -0.3 is 25.0 Å². The lowest BCUT2D eigenvalue weighted by Crippen LogP contribution is -2.52. The van der Waals surface area contributed by atoms with Gasteiger partial charge in [-0.25, -0.2) is 0 Å². The molecular weight excluding hydrogens is 304 g/mol. The van der Waals surface area contributed by atoms with Gasteiger partial charge in [-0.05, 0) is 32.4 Å². The standard InChI is InChI=1S/C18H30N4O2/c1-3-19-18(20-10-7-15-24-4-2)22-13-11-21(12-14-22)16-8-5-6-9-17(16)23/h5-6,8-9,23H,3-4,7,10-15H2,1-2H3,(H,19,20). The van der Waals surface area contributed by atoms with Crippen LogP contribution in [0.3, 0.4) is 0 Å². The number of anilines is 1. The van der Waals surface area contributed by atoms with E-state index >= 15 is 0 Å². The maximum absolute atomic E-state index is 10.0. The molecule has 1 aliphatic rings. The number of hydrogen-bond donors (Lipinski definition) is 2. The first-order valence-electron chi connectivity index (χ1n) is 8.90. The van der Waals surface area contributed by atoms with E-state index in [4.69, 9.17) is 9.73 Å². The second-order valence-corrected chi connectivity index (χ2v) is 5.75. The minimum atomic E-state index is 0.349. The van der Waals surface area contributed by atoms with Crippen molar-refractivity contribution in [3.05, 3.63) is 24.3 Å². The van der Waals surface area contributed by atoms with Crippen molar-refractivity contribution in [2.24, 2.45) is 4.99 Å². The fourth-order valence-electron chi connectivity index (χ4n) is 2.81. The summed E-state index contributed by atoms with van der Waals surface area (Å²) in [5.74, 6) is 1.33. The third-order valence-corrected chi connectivity index (χ3v) is 4.05.